The average Bonchev–Trinajstić information content (AvgIpc) is 2.22. The molecule has 0 fully saturated rings. The first-order valence-corrected chi connectivity index (χ1v) is 4.71. The van der Waals surface area contributed by atoms with E-state index in [1.807, 2.05) is 0 Å². The molecule has 0 bridgehead atoms. The van der Waals surface area contributed by atoms with Crippen LogP contribution in [0.3, 0.4) is 0 Å². The molecule has 1 unspecified atom stereocenters. The van der Waals surface area contributed by atoms with Gasteiger partial charge >= 0.3 is 0 Å². The second kappa shape index (κ2) is 5.47. The molecular formula is C12H12F2O. The van der Waals surface area contributed by atoms with Crippen molar-refractivity contribution in [3.63, 3.8) is 0 Å². The lowest BCUT2D eigenvalue weighted by molar-refractivity contribution is 0.160. The van der Waals surface area contributed by atoms with Crippen LogP contribution in [-0.4, -0.2) is 5.11 Å². The summed E-state index contributed by atoms with van der Waals surface area (Å²) in [5.74, 6) is 1.28. The van der Waals surface area contributed by atoms with Gasteiger partial charge in [0.25, 0.3) is 0 Å². The summed E-state index contributed by atoms with van der Waals surface area (Å²) in [6, 6.07) is 3.04. The molecule has 0 spiro atoms. The Morgan fingerprint density at radius 3 is 2.80 bits per heavy atom. The fourth-order valence-electron chi connectivity index (χ4n) is 1.32. The Morgan fingerprint density at radius 1 is 1.40 bits per heavy atom. The monoisotopic (exact) mass is 210 g/mol. The van der Waals surface area contributed by atoms with E-state index in [2.05, 4.69) is 5.92 Å². The zero-order valence-electron chi connectivity index (χ0n) is 8.21. The van der Waals surface area contributed by atoms with Crippen LogP contribution in [0.2, 0.25) is 0 Å². The van der Waals surface area contributed by atoms with Crippen molar-refractivity contribution >= 4 is 0 Å². The number of benzene rings is 1. The number of aliphatic hydroxyl groups is 1. The highest BCUT2D eigenvalue weighted by atomic mass is 19.1. The standard InChI is InChI=1S/C12H12F2O/c1-2-3-4-5-12(15)10-8-9(13)6-7-11(10)14/h1,6-8,12,15H,3-5H2. The van der Waals surface area contributed by atoms with Crippen LogP contribution < -0.4 is 0 Å². The fraction of sp³-hybridized carbons (Fsp3) is 0.333. The maximum absolute atomic E-state index is 13.2. The Kier molecular flexibility index (Phi) is 4.26. The highest BCUT2D eigenvalue weighted by Crippen LogP contribution is 2.22. The third kappa shape index (κ3) is 3.34. The van der Waals surface area contributed by atoms with Crippen molar-refractivity contribution in [2.24, 2.45) is 0 Å². The number of aliphatic hydroxyl groups excluding tert-OH is 1. The average molecular weight is 210 g/mol. The van der Waals surface area contributed by atoms with Gasteiger partial charge in [0, 0.05) is 12.0 Å². The van der Waals surface area contributed by atoms with Crippen LogP contribution in [0.5, 0.6) is 0 Å². The molecule has 0 heterocycles. The number of unbranched alkanes of at least 4 members (excludes halogenated alkanes) is 1. The van der Waals surface area contributed by atoms with Crippen molar-refractivity contribution in [3.05, 3.63) is 35.4 Å². The molecule has 0 aliphatic carbocycles. The van der Waals surface area contributed by atoms with Crippen molar-refractivity contribution in [2.75, 3.05) is 0 Å². The lowest BCUT2D eigenvalue weighted by Crippen LogP contribution is -2.01. The van der Waals surface area contributed by atoms with Gasteiger partial charge in [-0.2, -0.15) is 0 Å². The molecule has 80 valence electrons. The van der Waals surface area contributed by atoms with Crippen LogP contribution >= 0.6 is 0 Å². The van der Waals surface area contributed by atoms with Gasteiger partial charge in [-0.15, -0.1) is 12.3 Å². The van der Waals surface area contributed by atoms with Crippen LogP contribution in [0.1, 0.15) is 30.9 Å². The molecule has 0 aromatic heterocycles. The SMILES string of the molecule is C#CCCCC(O)c1cc(F)ccc1F. The minimum absolute atomic E-state index is 0.00739. The summed E-state index contributed by atoms with van der Waals surface area (Å²) in [6.07, 6.45) is 5.50. The smallest absolute Gasteiger partial charge is 0.129 e. The van der Waals surface area contributed by atoms with E-state index in [0.717, 1.165) is 18.2 Å². The van der Waals surface area contributed by atoms with Crippen LogP contribution in [0.25, 0.3) is 0 Å². The van der Waals surface area contributed by atoms with Gasteiger partial charge in [0.1, 0.15) is 11.6 Å². The maximum Gasteiger partial charge on any atom is 0.129 e. The lowest BCUT2D eigenvalue weighted by Gasteiger charge is -2.10. The number of halogens is 2. The first-order chi connectivity index (χ1) is 7.15. The predicted octanol–water partition coefficient (Wildman–Crippen LogP) is 2.80. The van der Waals surface area contributed by atoms with Gasteiger partial charge < -0.3 is 5.11 Å². The van der Waals surface area contributed by atoms with Crippen molar-refractivity contribution < 1.29 is 13.9 Å². The van der Waals surface area contributed by atoms with Gasteiger partial charge in [0.05, 0.1) is 6.10 Å². The second-order valence-corrected chi connectivity index (χ2v) is 3.28. The third-order valence-electron chi connectivity index (χ3n) is 2.12. The molecular weight excluding hydrogens is 198 g/mol. The highest BCUT2D eigenvalue weighted by Gasteiger charge is 2.12. The Bertz CT molecular complexity index is 368. The van der Waals surface area contributed by atoms with Crippen molar-refractivity contribution in [3.8, 4) is 12.3 Å². The summed E-state index contributed by atoms with van der Waals surface area (Å²) in [5, 5.41) is 9.58. The maximum atomic E-state index is 13.2. The molecule has 0 amide bonds. The van der Waals surface area contributed by atoms with E-state index < -0.39 is 17.7 Å². The van der Waals surface area contributed by atoms with Gasteiger partial charge in [-0.1, -0.05) is 0 Å². The van der Waals surface area contributed by atoms with Gasteiger partial charge in [-0.3, -0.25) is 0 Å². The second-order valence-electron chi connectivity index (χ2n) is 3.28. The number of terminal acetylenes is 1. The van der Waals surface area contributed by atoms with E-state index in [1.54, 1.807) is 0 Å². The normalized spacial score (nSPS) is 12.1. The molecule has 1 atom stereocenters. The summed E-state index contributed by atoms with van der Waals surface area (Å²) in [5.41, 5.74) is -0.00739. The molecule has 15 heavy (non-hydrogen) atoms. The summed E-state index contributed by atoms with van der Waals surface area (Å²) in [6.45, 7) is 0. The molecule has 0 aliphatic heterocycles. The lowest BCUT2D eigenvalue weighted by atomic mass is 10.0. The van der Waals surface area contributed by atoms with E-state index in [0.29, 0.717) is 19.3 Å². The third-order valence-corrected chi connectivity index (χ3v) is 2.12. The number of hydrogen-bond acceptors (Lipinski definition) is 1. The zero-order chi connectivity index (χ0) is 11.3. The number of rotatable bonds is 4. The molecule has 0 saturated carbocycles. The van der Waals surface area contributed by atoms with Gasteiger partial charge in [-0.25, -0.2) is 8.78 Å². The van der Waals surface area contributed by atoms with Crippen molar-refractivity contribution in [1.29, 1.82) is 0 Å². The fourth-order valence-corrected chi connectivity index (χ4v) is 1.32. The van der Waals surface area contributed by atoms with E-state index in [9.17, 15) is 13.9 Å². The Morgan fingerprint density at radius 2 is 2.13 bits per heavy atom. The Balaban J connectivity index is 2.69. The minimum Gasteiger partial charge on any atom is -0.388 e. The van der Waals surface area contributed by atoms with Crippen LogP contribution in [-0.2, 0) is 0 Å². The molecule has 1 aromatic rings. The molecule has 0 aliphatic rings. The number of hydrogen-bond donors (Lipinski definition) is 1. The largest absolute Gasteiger partial charge is 0.388 e. The van der Waals surface area contributed by atoms with Crippen molar-refractivity contribution in [1.82, 2.24) is 0 Å². The first-order valence-electron chi connectivity index (χ1n) is 4.71. The van der Waals surface area contributed by atoms with Crippen LogP contribution in [0.15, 0.2) is 18.2 Å². The van der Waals surface area contributed by atoms with E-state index in [1.165, 1.54) is 0 Å². The zero-order valence-corrected chi connectivity index (χ0v) is 8.21. The minimum atomic E-state index is -0.992. The van der Waals surface area contributed by atoms with E-state index in [4.69, 9.17) is 6.42 Å². The van der Waals surface area contributed by atoms with Gasteiger partial charge in [0.15, 0.2) is 0 Å². The summed E-state index contributed by atoms with van der Waals surface area (Å²) < 4.78 is 25.9. The summed E-state index contributed by atoms with van der Waals surface area (Å²) in [7, 11) is 0. The quantitative estimate of drug-likeness (QED) is 0.598. The molecule has 0 saturated heterocycles. The van der Waals surface area contributed by atoms with Crippen LogP contribution in [0, 0.1) is 24.0 Å². The first kappa shape index (κ1) is 11.7. The predicted molar refractivity (Wildman–Crippen MR) is 54.0 cm³/mol. The Labute approximate surface area is 87.7 Å². The van der Waals surface area contributed by atoms with Gasteiger partial charge in [-0.05, 0) is 31.0 Å². The topological polar surface area (TPSA) is 20.2 Å². The molecule has 1 N–H and O–H groups in total. The highest BCUT2D eigenvalue weighted by molar-refractivity contribution is 5.20. The Hall–Kier alpha value is -1.40. The molecule has 1 rings (SSSR count). The molecule has 3 heteroatoms. The summed E-state index contributed by atoms with van der Waals surface area (Å²) in [4.78, 5) is 0. The van der Waals surface area contributed by atoms with Crippen molar-refractivity contribution in [2.45, 2.75) is 25.4 Å². The van der Waals surface area contributed by atoms with Crippen LogP contribution in [0.4, 0.5) is 8.78 Å². The van der Waals surface area contributed by atoms with E-state index in [-0.39, 0.29) is 5.56 Å². The summed E-state index contributed by atoms with van der Waals surface area (Å²) >= 11 is 0. The molecule has 1 aromatic carbocycles. The van der Waals surface area contributed by atoms with Gasteiger partial charge in [0.2, 0.25) is 0 Å². The molecule has 0 radical (unpaired) electrons. The van der Waals surface area contributed by atoms with E-state index >= 15 is 0 Å². The molecule has 1 nitrogen and oxygen atoms in total.